The minimum atomic E-state index is -4.39. The van der Waals surface area contributed by atoms with Crippen molar-refractivity contribution in [2.45, 2.75) is 26.1 Å². The van der Waals surface area contributed by atoms with Gasteiger partial charge in [0.2, 0.25) is 0 Å². The Balaban J connectivity index is 2.98. The summed E-state index contributed by atoms with van der Waals surface area (Å²) in [6.45, 7) is 3.47. The SMILES string of the molecule is CC(C)[C@@H](CO)Nc1ccccc1C(F)(F)F. The van der Waals surface area contributed by atoms with E-state index in [1.807, 2.05) is 13.8 Å². The molecule has 2 nitrogen and oxygen atoms in total. The number of anilines is 1. The van der Waals surface area contributed by atoms with Crippen LogP contribution >= 0.6 is 0 Å². The van der Waals surface area contributed by atoms with Crippen LogP contribution in [-0.4, -0.2) is 17.8 Å². The van der Waals surface area contributed by atoms with Crippen molar-refractivity contribution in [2.24, 2.45) is 5.92 Å². The molecule has 2 N–H and O–H groups in total. The molecule has 0 amide bonds. The van der Waals surface area contributed by atoms with E-state index in [1.165, 1.54) is 18.2 Å². The molecule has 0 aliphatic rings. The van der Waals surface area contributed by atoms with Crippen molar-refractivity contribution >= 4 is 5.69 Å². The third-order valence-electron chi connectivity index (χ3n) is 2.57. The monoisotopic (exact) mass is 247 g/mol. The number of benzene rings is 1. The normalized spacial score (nSPS) is 13.8. The number of hydrogen-bond donors (Lipinski definition) is 2. The highest BCUT2D eigenvalue weighted by Gasteiger charge is 2.33. The second-order valence-corrected chi connectivity index (χ2v) is 4.22. The first-order valence-corrected chi connectivity index (χ1v) is 5.40. The Morgan fingerprint density at radius 1 is 1.24 bits per heavy atom. The summed E-state index contributed by atoms with van der Waals surface area (Å²) in [6, 6.07) is 4.88. The molecule has 0 bridgehead atoms. The zero-order valence-corrected chi connectivity index (χ0v) is 9.75. The molecule has 17 heavy (non-hydrogen) atoms. The quantitative estimate of drug-likeness (QED) is 0.856. The van der Waals surface area contributed by atoms with Crippen LogP contribution < -0.4 is 5.32 Å². The highest BCUT2D eigenvalue weighted by molar-refractivity contribution is 5.53. The number of halogens is 3. The highest BCUT2D eigenvalue weighted by atomic mass is 19.4. The van der Waals surface area contributed by atoms with E-state index in [9.17, 15) is 13.2 Å². The van der Waals surface area contributed by atoms with Crippen LogP contribution in [0.5, 0.6) is 0 Å². The fourth-order valence-corrected chi connectivity index (χ4v) is 1.48. The largest absolute Gasteiger partial charge is 0.418 e. The second kappa shape index (κ2) is 5.40. The second-order valence-electron chi connectivity index (χ2n) is 4.22. The predicted octanol–water partition coefficient (Wildman–Crippen LogP) is 3.13. The molecule has 96 valence electrons. The van der Waals surface area contributed by atoms with Gasteiger partial charge >= 0.3 is 6.18 Å². The molecule has 0 radical (unpaired) electrons. The van der Waals surface area contributed by atoms with E-state index in [4.69, 9.17) is 5.11 Å². The average Bonchev–Trinajstić information content (AvgIpc) is 2.24. The molecule has 0 spiro atoms. The third-order valence-corrected chi connectivity index (χ3v) is 2.57. The number of nitrogens with one attached hydrogen (secondary N) is 1. The van der Waals surface area contributed by atoms with E-state index < -0.39 is 17.8 Å². The molecule has 1 aromatic rings. The molecule has 1 rings (SSSR count). The van der Waals surface area contributed by atoms with Gasteiger partial charge in [0.25, 0.3) is 0 Å². The van der Waals surface area contributed by atoms with Gasteiger partial charge in [-0.25, -0.2) is 0 Å². The number of alkyl halides is 3. The molecule has 1 atom stereocenters. The molecular formula is C12H16F3NO. The summed E-state index contributed by atoms with van der Waals surface area (Å²) in [4.78, 5) is 0. The van der Waals surface area contributed by atoms with Crippen LogP contribution in [-0.2, 0) is 6.18 Å². The van der Waals surface area contributed by atoms with Crippen LogP contribution in [0.25, 0.3) is 0 Å². The van der Waals surface area contributed by atoms with Crippen molar-refractivity contribution in [2.75, 3.05) is 11.9 Å². The van der Waals surface area contributed by atoms with Crippen LogP contribution in [0.2, 0.25) is 0 Å². The Hall–Kier alpha value is -1.23. The first-order chi connectivity index (χ1) is 7.86. The van der Waals surface area contributed by atoms with Gasteiger partial charge in [-0.2, -0.15) is 13.2 Å². The molecule has 0 fully saturated rings. The van der Waals surface area contributed by atoms with Gasteiger partial charge in [0.1, 0.15) is 0 Å². The zero-order chi connectivity index (χ0) is 13.1. The number of aliphatic hydroxyl groups excluding tert-OH is 1. The van der Waals surface area contributed by atoms with E-state index in [-0.39, 0.29) is 18.2 Å². The van der Waals surface area contributed by atoms with Crippen molar-refractivity contribution < 1.29 is 18.3 Å². The maximum Gasteiger partial charge on any atom is 0.418 e. The lowest BCUT2D eigenvalue weighted by Gasteiger charge is -2.23. The maximum atomic E-state index is 12.7. The molecule has 0 unspecified atom stereocenters. The van der Waals surface area contributed by atoms with Crippen molar-refractivity contribution in [3.05, 3.63) is 29.8 Å². The van der Waals surface area contributed by atoms with Crippen molar-refractivity contribution in [3.8, 4) is 0 Å². The molecule has 0 aromatic heterocycles. The van der Waals surface area contributed by atoms with E-state index in [1.54, 1.807) is 0 Å². The van der Waals surface area contributed by atoms with E-state index in [0.29, 0.717) is 0 Å². The molecule has 0 aliphatic heterocycles. The summed E-state index contributed by atoms with van der Waals surface area (Å²) >= 11 is 0. The standard InChI is InChI=1S/C12H16F3NO/c1-8(2)11(7-17)16-10-6-4-3-5-9(10)12(13,14)15/h3-6,8,11,16-17H,7H2,1-2H3/t11-/m1/s1. The number of para-hydroxylation sites is 1. The Morgan fingerprint density at radius 3 is 2.29 bits per heavy atom. The maximum absolute atomic E-state index is 12.7. The summed E-state index contributed by atoms with van der Waals surface area (Å²) in [6.07, 6.45) is -4.39. The molecule has 0 aliphatic carbocycles. The van der Waals surface area contributed by atoms with Gasteiger partial charge < -0.3 is 10.4 Å². The van der Waals surface area contributed by atoms with Crippen molar-refractivity contribution in [1.29, 1.82) is 0 Å². The molecule has 1 aromatic carbocycles. The number of hydrogen-bond acceptors (Lipinski definition) is 2. The van der Waals surface area contributed by atoms with E-state index >= 15 is 0 Å². The summed E-state index contributed by atoms with van der Waals surface area (Å²) in [5, 5.41) is 11.8. The lowest BCUT2D eigenvalue weighted by molar-refractivity contribution is -0.137. The van der Waals surface area contributed by atoms with Gasteiger partial charge in [0.15, 0.2) is 0 Å². The van der Waals surface area contributed by atoms with E-state index in [0.717, 1.165) is 6.07 Å². The molecule has 5 heteroatoms. The van der Waals surface area contributed by atoms with E-state index in [2.05, 4.69) is 5.32 Å². The summed E-state index contributed by atoms with van der Waals surface area (Å²) in [5.41, 5.74) is -0.702. The first-order valence-electron chi connectivity index (χ1n) is 5.40. The van der Waals surface area contributed by atoms with Crippen LogP contribution in [0.1, 0.15) is 19.4 Å². The Bertz CT molecular complexity index is 363. The summed E-state index contributed by atoms with van der Waals surface area (Å²) in [5.74, 6) is 0.0429. The van der Waals surface area contributed by atoms with Gasteiger partial charge in [-0.3, -0.25) is 0 Å². The van der Waals surface area contributed by atoms with Crippen molar-refractivity contribution in [1.82, 2.24) is 0 Å². The lowest BCUT2D eigenvalue weighted by atomic mass is 10.0. The molecule has 0 saturated carbocycles. The van der Waals surface area contributed by atoms with Gasteiger partial charge in [0.05, 0.1) is 18.2 Å². The van der Waals surface area contributed by atoms with Crippen LogP contribution in [0.3, 0.4) is 0 Å². The summed E-state index contributed by atoms with van der Waals surface area (Å²) in [7, 11) is 0. The lowest BCUT2D eigenvalue weighted by Crippen LogP contribution is -2.30. The zero-order valence-electron chi connectivity index (χ0n) is 9.75. The third kappa shape index (κ3) is 3.63. The highest BCUT2D eigenvalue weighted by Crippen LogP contribution is 2.35. The summed E-state index contributed by atoms with van der Waals surface area (Å²) < 4.78 is 38.1. The Kier molecular flexibility index (Phi) is 4.40. The predicted molar refractivity (Wildman–Crippen MR) is 60.8 cm³/mol. The van der Waals surface area contributed by atoms with Crippen molar-refractivity contribution in [3.63, 3.8) is 0 Å². The van der Waals surface area contributed by atoms with Crippen LogP contribution in [0.4, 0.5) is 18.9 Å². The fraction of sp³-hybridized carbons (Fsp3) is 0.500. The minimum absolute atomic E-state index is 0.00718. The number of aliphatic hydroxyl groups is 1. The molecule has 0 heterocycles. The first kappa shape index (κ1) is 13.8. The Morgan fingerprint density at radius 2 is 1.82 bits per heavy atom. The van der Waals surface area contributed by atoms with Gasteiger partial charge in [-0.05, 0) is 18.1 Å². The topological polar surface area (TPSA) is 32.3 Å². The minimum Gasteiger partial charge on any atom is -0.394 e. The Labute approximate surface area is 98.5 Å². The van der Waals surface area contributed by atoms with Gasteiger partial charge in [0, 0.05) is 5.69 Å². The van der Waals surface area contributed by atoms with Crippen LogP contribution in [0.15, 0.2) is 24.3 Å². The number of rotatable bonds is 4. The van der Waals surface area contributed by atoms with Gasteiger partial charge in [-0.1, -0.05) is 26.0 Å². The van der Waals surface area contributed by atoms with Gasteiger partial charge in [-0.15, -0.1) is 0 Å². The average molecular weight is 247 g/mol. The van der Waals surface area contributed by atoms with Crippen LogP contribution in [0, 0.1) is 5.92 Å². The molecule has 0 saturated heterocycles. The molecular weight excluding hydrogens is 231 g/mol. The fourth-order valence-electron chi connectivity index (χ4n) is 1.48. The smallest absolute Gasteiger partial charge is 0.394 e.